The lowest BCUT2D eigenvalue weighted by atomic mass is 10.1. The van der Waals surface area contributed by atoms with Crippen LogP contribution in [0.2, 0.25) is 0 Å². The number of ether oxygens (including phenoxy) is 3. The molecule has 0 aromatic heterocycles. The molecule has 0 amide bonds. The highest BCUT2D eigenvalue weighted by molar-refractivity contribution is 7.89. The number of sulfonamides is 1. The van der Waals surface area contributed by atoms with Crippen LogP contribution in [0.25, 0.3) is 10.8 Å². The van der Waals surface area contributed by atoms with E-state index in [0.29, 0.717) is 22.8 Å². The van der Waals surface area contributed by atoms with Gasteiger partial charge in [-0.1, -0.05) is 30.3 Å². The highest BCUT2D eigenvalue weighted by atomic mass is 32.2. The standard InChI is InChI=1S/C20H21NO5S/c1-24-18-12-20(26-3)19(25-2)11-16(18)13-21-27(22,23)17-9-8-14-6-4-5-7-15(14)10-17/h4-12,21H,13H2,1-3H3. The lowest BCUT2D eigenvalue weighted by Gasteiger charge is -2.15. The van der Waals surface area contributed by atoms with E-state index in [2.05, 4.69) is 4.72 Å². The van der Waals surface area contributed by atoms with Gasteiger partial charge in [0.15, 0.2) is 11.5 Å². The first-order chi connectivity index (χ1) is 13.0. The summed E-state index contributed by atoms with van der Waals surface area (Å²) in [5, 5.41) is 1.85. The molecule has 0 unspecified atom stereocenters. The average Bonchev–Trinajstić information content (AvgIpc) is 2.71. The van der Waals surface area contributed by atoms with E-state index in [-0.39, 0.29) is 11.4 Å². The smallest absolute Gasteiger partial charge is 0.240 e. The van der Waals surface area contributed by atoms with Gasteiger partial charge < -0.3 is 14.2 Å². The topological polar surface area (TPSA) is 73.9 Å². The van der Waals surface area contributed by atoms with Crippen molar-refractivity contribution in [1.29, 1.82) is 0 Å². The van der Waals surface area contributed by atoms with Crippen LogP contribution in [-0.2, 0) is 16.6 Å². The molecule has 142 valence electrons. The largest absolute Gasteiger partial charge is 0.496 e. The highest BCUT2D eigenvalue weighted by Crippen LogP contribution is 2.34. The predicted molar refractivity (Wildman–Crippen MR) is 104 cm³/mol. The molecule has 0 fully saturated rings. The molecule has 0 radical (unpaired) electrons. The van der Waals surface area contributed by atoms with Crippen molar-refractivity contribution in [2.75, 3.05) is 21.3 Å². The summed E-state index contributed by atoms with van der Waals surface area (Å²) in [5.41, 5.74) is 0.638. The molecule has 0 heterocycles. The van der Waals surface area contributed by atoms with E-state index in [4.69, 9.17) is 14.2 Å². The van der Waals surface area contributed by atoms with Gasteiger partial charge in [-0.2, -0.15) is 0 Å². The van der Waals surface area contributed by atoms with E-state index in [1.165, 1.54) is 21.3 Å². The van der Waals surface area contributed by atoms with Gasteiger partial charge in [0, 0.05) is 18.2 Å². The lowest BCUT2D eigenvalue weighted by molar-refractivity contribution is 0.347. The molecule has 6 nitrogen and oxygen atoms in total. The molecule has 0 aliphatic heterocycles. The highest BCUT2D eigenvalue weighted by Gasteiger charge is 2.17. The van der Waals surface area contributed by atoms with Crippen molar-refractivity contribution in [2.45, 2.75) is 11.4 Å². The van der Waals surface area contributed by atoms with Crippen LogP contribution in [0.4, 0.5) is 0 Å². The first-order valence-corrected chi connectivity index (χ1v) is 9.74. The summed E-state index contributed by atoms with van der Waals surface area (Å²) in [4.78, 5) is 0.209. The Morgan fingerprint density at radius 1 is 0.778 bits per heavy atom. The summed E-state index contributed by atoms with van der Waals surface area (Å²) in [6.45, 7) is 0.0543. The Kier molecular flexibility index (Phi) is 5.53. The van der Waals surface area contributed by atoms with Crippen molar-refractivity contribution in [3.63, 3.8) is 0 Å². The third-order valence-electron chi connectivity index (χ3n) is 4.27. The van der Waals surface area contributed by atoms with Gasteiger partial charge in [0.1, 0.15) is 5.75 Å². The van der Waals surface area contributed by atoms with Crippen LogP contribution in [0.15, 0.2) is 59.5 Å². The second-order valence-electron chi connectivity index (χ2n) is 5.85. The quantitative estimate of drug-likeness (QED) is 0.673. The predicted octanol–water partition coefficient (Wildman–Crippen LogP) is 3.34. The van der Waals surface area contributed by atoms with Gasteiger partial charge in [0.25, 0.3) is 0 Å². The van der Waals surface area contributed by atoms with E-state index in [0.717, 1.165) is 10.8 Å². The van der Waals surface area contributed by atoms with Gasteiger partial charge in [0.2, 0.25) is 10.0 Å². The molecule has 3 aromatic carbocycles. The fourth-order valence-corrected chi connectivity index (χ4v) is 3.86. The number of benzene rings is 3. The molecule has 0 saturated heterocycles. The second kappa shape index (κ2) is 7.85. The fraction of sp³-hybridized carbons (Fsp3) is 0.200. The summed E-state index contributed by atoms with van der Waals surface area (Å²) in [6, 6.07) is 16.0. The van der Waals surface area contributed by atoms with Crippen LogP contribution < -0.4 is 18.9 Å². The van der Waals surface area contributed by atoms with Crippen LogP contribution in [0.1, 0.15) is 5.56 Å². The zero-order valence-corrected chi connectivity index (χ0v) is 16.2. The van der Waals surface area contributed by atoms with Gasteiger partial charge >= 0.3 is 0 Å². The Morgan fingerprint density at radius 3 is 2.07 bits per heavy atom. The Balaban J connectivity index is 1.88. The number of nitrogens with one attached hydrogen (secondary N) is 1. The van der Waals surface area contributed by atoms with Gasteiger partial charge in [0.05, 0.1) is 26.2 Å². The third kappa shape index (κ3) is 3.99. The summed E-state index contributed by atoms with van der Waals surface area (Å²) >= 11 is 0. The average molecular weight is 387 g/mol. The Labute approximate surface area is 158 Å². The van der Waals surface area contributed by atoms with E-state index < -0.39 is 10.0 Å². The van der Waals surface area contributed by atoms with Crippen LogP contribution >= 0.6 is 0 Å². The lowest BCUT2D eigenvalue weighted by Crippen LogP contribution is -2.23. The fourth-order valence-electron chi connectivity index (χ4n) is 2.82. The summed E-state index contributed by atoms with van der Waals surface area (Å²) in [6.07, 6.45) is 0. The van der Waals surface area contributed by atoms with Crippen molar-refractivity contribution in [3.05, 3.63) is 60.2 Å². The van der Waals surface area contributed by atoms with E-state index in [1.54, 1.807) is 30.3 Å². The molecule has 0 saturated carbocycles. The molecule has 0 aliphatic rings. The minimum absolute atomic E-state index is 0.0543. The summed E-state index contributed by atoms with van der Waals surface area (Å²) in [5.74, 6) is 1.52. The Morgan fingerprint density at radius 2 is 1.41 bits per heavy atom. The normalized spacial score (nSPS) is 11.4. The maximum atomic E-state index is 12.7. The Bertz CT molecular complexity index is 1060. The third-order valence-corrected chi connectivity index (χ3v) is 5.67. The number of methoxy groups -OCH3 is 3. The van der Waals surface area contributed by atoms with Gasteiger partial charge in [-0.15, -0.1) is 0 Å². The van der Waals surface area contributed by atoms with Crippen LogP contribution in [-0.4, -0.2) is 29.7 Å². The minimum Gasteiger partial charge on any atom is -0.496 e. The van der Waals surface area contributed by atoms with E-state index in [9.17, 15) is 8.42 Å². The zero-order valence-electron chi connectivity index (χ0n) is 15.4. The molecule has 0 bridgehead atoms. The maximum absolute atomic E-state index is 12.7. The maximum Gasteiger partial charge on any atom is 0.240 e. The molecule has 0 atom stereocenters. The van der Waals surface area contributed by atoms with Crippen molar-refractivity contribution < 1.29 is 22.6 Å². The number of rotatable bonds is 7. The second-order valence-corrected chi connectivity index (χ2v) is 7.62. The SMILES string of the molecule is COc1cc(OC)c(OC)cc1CNS(=O)(=O)c1ccc2ccccc2c1. The van der Waals surface area contributed by atoms with Crippen molar-refractivity contribution in [2.24, 2.45) is 0 Å². The molecular weight excluding hydrogens is 366 g/mol. The molecule has 3 rings (SSSR count). The minimum atomic E-state index is -3.69. The molecular formula is C20H21NO5S. The van der Waals surface area contributed by atoms with Crippen LogP contribution in [0, 0.1) is 0 Å². The first kappa shape index (κ1) is 19.0. The molecule has 27 heavy (non-hydrogen) atoms. The zero-order chi connectivity index (χ0) is 19.4. The van der Waals surface area contributed by atoms with Crippen molar-refractivity contribution in [3.8, 4) is 17.2 Å². The van der Waals surface area contributed by atoms with Gasteiger partial charge in [-0.05, 0) is 29.0 Å². The first-order valence-electron chi connectivity index (χ1n) is 8.26. The van der Waals surface area contributed by atoms with Gasteiger partial charge in [-0.25, -0.2) is 13.1 Å². The summed E-state index contributed by atoms with van der Waals surface area (Å²) in [7, 11) is 0.877. The van der Waals surface area contributed by atoms with Crippen LogP contribution in [0.3, 0.4) is 0 Å². The molecule has 0 spiro atoms. The number of hydrogen-bond acceptors (Lipinski definition) is 5. The number of fused-ring (bicyclic) bond motifs is 1. The molecule has 3 aromatic rings. The molecule has 0 aliphatic carbocycles. The van der Waals surface area contributed by atoms with E-state index >= 15 is 0 Å². The van der Waals surface area contributed by atoms with Crippen LogP contribution in [0.5, 0.6) is 17.2 Å². The van der Waals surface area contributed by atoms with Crippen molar-refractivity contribution in [1.82, 2.24) is 4.72 Å². The summed E-state index contributed by atoms with van der Waals surface area (Å²) < 4.78 is 43.9. The Hall–Kier alpha value is -2.77. The molecule has 7 heteroatoms. The molecule has 1 N–H and O–H groups in total. The van der Waals surface area contributed by atoms with Crippen molar-refractivity contribution >= 4 is 20.8 Å². The van der Waals surface area contributed by atoms with E-state index in [1.807, 2.05) is 24.3 Å². The van der Waals surface area contributed by atoms with Gasteiger partial charge in [-0.3, -0.25) is 0 Å². The monoisotopic (exact) mass is 387 g/mol. The number of hydrogen-bond donors (Lipinski definition) is 1.